The number of amides is 1. The summed E-state index contributed by atoms with van der Waals surface area (Å²) in [7, 11) is 0. The summed E-state index contributed by atoms with van der Waals surface area (Å²) in [6.07, 6.45) is 6.41. The van der Waals surface area contributed by atoms with Crippen LogP contribution < -0.4 is 5.32 Å². The van der Waals surface area contributed by atoms with Gasteiger partial charge in [0.1, 0.15) is 5.82 Å². The molecule has 0 radical (unpaired) electrons. The van der Waals surface area contributed by atoms with Gasteiger partial charge in [0.15, 0.2) is 0 Å². The number of carbonyl (C=O) groups is 1. The third-order valence-electron chi connectivity index (χ3n) is 4.76. The van der Waals surface area contributed by atoms with Crippen LogP contribution in [0.3, 0.4) is 0 Å². The lowest BCUT2D eigenvalue weighted by Crippen LogP contribution is -2.40. The first-order valence-electron chi connectivity index (χ1n) is 8.56. The lowest BCUT2D eigenvalue weighted by molar-refractivity contribution is 0.0166. The molecule has 0 spiro atoms. The van der Waals surface area contributed by atoms with E-state index in [9.17, 15) is 9.90 Å². The molecule has 2 heterocycles. The quantitative estimate of drug-likeness (QED) is 0.868. The van der Waals surface area contributed by atoms with Crippen molar-refractivity contribution >= 4 is 23.3 Å². The summed E-state index contributed by atoms with van der Waals surface area (Å²) in [5, 5.41) is 14.1. The third kappa shape index (κ3) is 4.18. The molecule has 7 heteroatoms. The fourth-order valence-corrected chi connectivity index (χ4v) is 3.50. The van der Waals surface area contributed by atoms with Crippen molar-refractivity contribution in [2.75, 3.05) is 38.2 Å². The number of carbonyl (C=O) groups excluding carboxylic acids is 1. The van der Waals surface area contributed by atoms with E-state index in [1.807, 2.05) is 0 Å². The molecule has 24 heavy (non-hydrogen) atoms. The normalized spacial score (nSPS) is 20.7. The monoisotopic (exact) mass is 353 g/mol. The van der Waals surface area contributed by atoms with E-state index in [0.29, 0.717) is 49.3 Å². The van der Waals surface area contributed by atoms with Crippen molar-refractivity contribution < 1.29 is 14.6 Å². The molecule has 1 aromatic heterocycles. The smallest absolute Gasteiger partial charge is 0.255 e. The van der Waals surface area contributed by atoms with Gasteiger partial charge in [-0.2, -0.15) is 0 Å². The van der Waals surface area contributed by atoms with Gasteiger partial charge in [0.05, 0.1) is 29.4 Å². The lowest BCUT2D eigenvalue weighted by Gasteiger charge is -2.32. The molecule has 3 rings (SSSR count). The zero-order chi connectivity index (χ0) is 17.0. The Balaban J connectivity index is 1.62. The second kappa shape index (κ2) is 7.68. The Bertz CT molecular complexity index is 584. The van der Waals surface area contributed by atoms with Gasteiger partial charge in [0.2, 0.25) is 0 Å². The summed E-state index contributed by atoms with van der Waals surface area (Å²) < 4.78 is 5.26. The predicted octanol–water partition coefficient (Wildman–Crippen LogP) is 2.31. The van der Waals surface area contributed by atoms with E-state index in [0.717, 1.165) is 25.7 Å². The van der Waals surface area contributed by atoms with Crippen LogP contribution in [-0.4, -0.2) is 59.3 Å². The molecule has 0 atom stereocenters. The van der Waals surface area contributed by atoms with Crippen LogP contribution in [0, 0.1) is 0 Å². The van der Waals surface area contributed by atoms with E-state index < -0.39 is 5.60 Å². The SMILES string of the molecule is O=C(c1cnc(NCC2(O)CCCCC2)c(Cl)c1)N1CCOCC1. The molecule has 1 aliphatic heterocycles. The number of pyridine rings is 1. The van der Waals surface area contributed by atoms with Crippen LogP contribution in [0.15, 0.2) is 12.3 Å². The largest absolute Gasteiger partial charge is 0.388 e. The van der Waals surface area contributed by atoms with Crippen LogP contribution in [0.4, 0.5) is 5.82 Å². The highest BCUT2D eigenvalue weighted by molar-refractivity contribution is 6.33. The van der Waals surface area contributed by atoms with E-state index in [4.69, 9.17) is 16.3 Å². The molecule has 1 saturated carbocycles. The molecule has 6 nitrogen and oxygen atoms in total. The van der Waals surface area contributed by atoms with Gasteiger partial charge in [-0.15, -0.1) is 0 Å². The van der Waals surface area contributed by atoms with Crippen LogP contribution in [0.5, 0.6) is 0 Å². The molecule has 0 bridgehead atoms. The van der Waals surface area contributed by atoms with E-state index in [-0.39, 0.29) is 5.91 Å². The van der Waals surface area contributed by atoms with Gasteiger partial charge >= 0.3 is 0 Å². The summed E-state index contributed by atoms with van der Waals surface area (Å²) in [6.45, 7) is 2.72. The molecule has 2 aliphatic rings. The number of nitrogens with zero attached hydrogens (tertiary/aromatic N) is 2. The number of halogens is 1. The number of morpholine rings is 1. The molecule has 1 aromatic rings. The predicted molar refractivity (Wildman–Crippen MR) is 92.5 cm³/mol. The first kappa shape index (κ1) is 17.5. The molecule has 0 aromatic carbocycles. The van der Waals surface area contributed by atoms with Gasteiger partial charge < -0.3 is 20.1 Å². The summed E-state index contributed by atoms with van der Waals surface area (Å²) in [4.78, 5) is 18.5. The first-order valence-corrected chi connectivity index (χ1v) is 8.94. The topological polar surface area (TPSA) is 74.7 Å². The highest BCUT2D eigenvalue weighted by Gasteiger charge is 2.29. The molecule has 0 unspecified atom stereocenters. The zero-order valence-electron chi connectivity index (χ0n) is 13.8. The highest BCUT2D eigenvalue weighted by atomic mass is 35.5. The molecule has 132 valence electrons. The van der Waals surface area contributed by atoms with E-state index in [1.165, 1.54) is 12.6 Å². The lowest BCUT2D eigenvalue weighted by atomic mass is 9.85. The van der Waals surface area contributed by atoms with Crippen molar-refractivity contribution in [1.82, 2.24) is 9.88 Å². The Labute approximate surface area is 147 Å². The fraction of sp³-hybridized carbons (Fsp3) is 0.647. The number of hydrogen-bond acceptors (Lipinski definition) is 5. The minimum Gasteiger partial charge on any atom is -0.388 e. The van der Waals surface area contributed by atoms with Crippen molar-refractivity contribution in [2.45, 2.75) is 37.7 Å². The Hall–Kier alpha value is -1.37. The maximum absolute atomic E-state index is 12.4. The minimum absolute atomic E-state index is 0.0786. The molecule has 2 N–H and O–H groups in total. The molecular formula is C17H24ClN3O3. The number of anilines is 1. The molecule has 2 fully saturated rings. The summed E-state index contributed by atoms with van der Waals surface area (Å²) in [6, 6.07) is 1.64. The van der Waals surface area contributed by atoms with Gasteiger partial charge in [-0.3, -0.25) is 4.79 Å². The number of aromatic nitrogens is 1. The average Bonchev–Trinajstić information content (AvgIpc) is 2.61. The standard InChI is InChI=1S/C17H24ClN3O3/c18-14-10-13(16(22)21-6-8-24-9-7-21)11-19-15(14)20-12-17(23)4-2-1-3-5-17/h10-11,23H,1-9,12H2,(H,19,20). The summed E-state index contributed by atoms with van der Waals surface area (Å²) >= 11 is 6.27. The van der Waals surface area contributed by atoms with Gasteiger partial charge in [-0.05, 0) is 18.9 Å². The third-order valence-corrected chi connectivity index (χ3v) is 5.04. The number of ether oxygens (including phenoxy) is 1. The molecule has 1 aliphatic carbocycles. The number of aliphatic hydroxyl groups is 1. The second-order valence-electron chi connectivity index (χ2n) is 6.60. The van der Waals surface area contributed by atoms with E-state index in [2.05, 4.69) is 10.3 Å². The fourth-order valence-electron chi connectivity index (χ4n) is 3.27. The summed E-state index contributed by atoms with van der Waals surface area (Å²) in [5.74, 6) is 0.430. The Morgan fingerprint density at radius 2 is 2.04 bits per heavy atom. The Morgan fingerprint density at radius 3 is 2.71 bits per heavy atom. The molecule has 1 amide bonds. The van der Waals surface area contributed by atoms with Gasteiger partial charge in [0.25, 0.3) is 5.91 Å². The van der Waals surface area contributed by atoms with Crippen LogP contribution in [0.25, 0.3) is 0 Å². The Kier molecular flexibility index (Phi) is 5.58. The maximum Gasteiger partial charge on any atom is 0.255 e. The van der Waals surface area contributed by atoms with Crippen LogP contribution >= 0.6 is 11.6 Å². The average molecular weight is 354 g/mol. The number of rotatable bonds is 4. The van der Waals surface area contributed by atoms with Gasteiger partial charge in [-0.25, -0.2) is 4.98 Å². The van der Waals surface area contributed by atoms with Crippen molar-refractivity contribution in [3.63, 3.8) is 0 Å². The van der Waals surface area contributed by atoms with Gasteiger partial charge in [0, 0.05) is 25.8 Å². The highest BCUT2D eigenvalue weighted by Crippen LogP contribution is 2.29. The van der Waals surface area contributed by atoms with Crippen molar-refractivity contribution in [2.24, 2.45) is 0 Å². The first-order chi connectivity index (χ1) is 11.6. The van der Waals surface area contributed by atoms with Crippen molar-refractivity contribution in [3.8, 4) is 0 Å². The van der Waals surface area contributed by atoms with Crippen LogP contribution in [-0.2, 0) is 4.74 Å². The van der Waals surface area contributed by atoms with Crippen LogP contribution in [0.2, 0.25) is 5.02 Å². The zero-order valence-corrected chi connectivity index (χ0v) is 14.5. The van der Waals surface area contributed by atoms with Gasteiger partial charge in [-0.1, -0.05) is 30.9 Å². The van der Waals surface area contributed by atoms with E-state index in [1.54, 1.807) is 11.0 Å². The second-order valence-corrected chi connectivity index (χ2v) is 7.00. The molecular weight excluding hydrogens is 330 g/mol. The Morgan fingerprint density at radius 1 is 1.33 bits per heavy atom. The number of nitrogens with one attached hydrogen (secondary N) is 1. The molecule has 1 saturated heterocycles. The summed E-state index contributed by atoms with van der Waals surface area (Å²) in [5.41, 5.74) is -0.213. The minimum atomic E-state index is -0.689. The maximum atomic E-state index is 12.4. The van der Waals surface area contributed by atoms with Crippen LogP contribution in [0.1, 0.15) is 42.5 Å². The van der Waals surface area contributed by atoms with E-state index >= 15 is 0 Å². The van der Waals surface area contributed by atoms with Crippen molar-refractivity contribution in [3.05, 3.63) is 22.8 Å². The van der Waals surface area contributed by atoms with Crippen molar-refractivity contribution in [1.29, 1.82) is 0 Å². The number of hydrogen-bond donors (Lipinski definition) is 2.